The standard InChI is InChI=1S/C16H14O4/c17-14-9-8-13-12(14)2-1-3-15(13)20-11-6-4-10(5-7-11)16(18)19/h1-7,14,17H,8-9H2,(H,18,19). The zero-order chi connectivity index (χ0) is 14.1. The summed E-state index contributed by atoms with van der Waals surface area (Å²) < 4.78 is 5.80. The fourth-order valence-corrected chi connectivity index (χ4v) is 2.49. The van der Waals surface area contributed by atoms with Gasteiger partial charge >= 0.3 is 5.97 Å². The lowest BCUT2D eigenvalue weighted by Crippen LogP contribution is -1.96. The van der Waals surface area contributed by atoms with Crippen LogP contribution in [0.3, 0.4) is 0 Å². The molecule has 1 aliphatic rings. The first-order valence-electron chi connectivity index (χ1n) is 6.46. The van der Waals surface area contributed by atoms with Crippen LogP contribution >= 0.6 is 0 Å². The molecule has 20 heavy (non-hydrogen) atoms. The number of aliphatic hydroxyl groups excluding tert-OH is 1. The Bertz CT molecular complexity index is 646. The van der Waals surface area contributed by atoms with Crippen LogP contribution < -0.4 is 4.74 Å². The molecular weight excluding hydrogens is 256 g/mol. The third-order valence-electron chi connectivity index (χ3n) is 3.53. The summed E-state index contributed by atoms with van der Waals surface area (Å²) in [6.07, 6.45) is 1.09. The molecule has 0 fully saturated rings. The van der Waals surface area contributed by atoms with Crippen LogP contribution in [0.25, 0.3) is 0 Å². The van der Waals surface area contributed by atoms with Gasteiger partial charge in [-0.15, -0.1) is 0 Å². The van der Waals surface area contributed by atoms with Gasteiger partial charge in [-0.3, -0.25) is 0 Å². The van der Waals surface area contributed by atoms with E-state index in [1.165, 1.54) is 12.1 Å². The molecule has 0 aliphatic heterocycles. The van der Waals surface area contributed by atoms with E-state index in [2.05, 4.69) is 0 Å². The number of carboxylic acid groups (broad SMARTS) is 1. The van der Waals surface area contributed by atoms with Crippen LogP contribution in [-0.2, 0) is 6.42 Å². The molecule has 4 heteroatoms. The second-order valence-corrected chi connectivity index (χ2v) is 4.81. The number of ether oxygens (including phenoxy) is 1. The van der Waals surface area contributed by atoms with Gasteiger partial charge in [-0.05, 0) is 48.7 Å². The van der Waals surface area contributed by atoms with Crippen molar-refractivity contribution in [2.75, 3.05) is 0 Å². The van der Waals surface area contributed by atoms with Gasteiger partial charge in [0.2, 0.25) is 0 Å². The molecule has 0 bridgehead atoms. The van der Waals surface area contributed by atoms with Crippen molar-refractivity contribution in [1.82, 2.24) is 0 Å². The van der Waals surface area contributed by atoms with Crippen molar-refractivity contribution < 1.29 is 19.7 Å². The highest BCUT2D eigenvalue weighted by molar-refractivity contribution is 5.87. The highest BCUT2D eigenvalue weighted by Gasteiger charge is 2.23. The molecule has 102 valence electrons. The molecule has 1 aliphatic carbocycles. The number of fused-ring (bicyclic) bond motifs is 1. The van der Waals surface area contributed by atoms with Crippen LogP contribution in [0.5, 0.6) is 11.5 Å². The summed E-state index contributed by atoms with van der Waals surface area (Å²) in [5.41, 5.74) is 2.18. The van der Waals surface area contributed by atoms with Crippen LogP contribution in [0, 0.1) is 0 Å². The highest BCUT2D eigenvalue weighted by Crippen LogP contribution is 2.38. The van der Waals surface area contributed by atoms with E-state index in [1.54, 1.807) is 12.1 Å². The Hall–Kier alpha value is -2.33. The van der Waals surface area contributed by atoms with E-state index < -0.39 is 12.1 Å². The molecule has 4 nitrogen and oxygen atoms in total. The maximum Gasteiger partial charge on any atom is 0.335 e. The third kappa shape index (κ3) is 2.26. The molecule has 0 spiro atoms. The van der Waals surface area contributed by atoms with Crippen molar-refractivity contribution in [3.63, 3.8) is 0 Å². The van der Waals surface area contributed by atoms with E-state index in [4.69, 9.17) is 9.84 Å². The number of benzene rings is 2. The SMILES string of the molecule is O=C(O)c1ccc(Oc2cccc3c2CCC3O)cc1. The lowest BCUT2D eigenvalue weighted by molar-refractivity contribution is 0.0697. The van der Waals surface area contributed by atoms with Crippen LogP contribution in [0.2, 0.25) is 0 Å². The van der Waals surface area contributed by atoms with Crippen LogP contribution in [-0.4, -0.2) is 16.2 Å². The molecule has 1 atom stereocenters. The first kappa shape index (κ1) is 12.7. The second-order valence-electron chi connectivity index (χ2n) is 4.81. The first-order chi connectivity index (χ1) is 9.65. The second kappa shape index (κ2) is 4.98. The van der Waals surface area contributed by atoms with E-state index in [1.807, 2.05) is 18.2 Å². The molecule has 0 saturated heterocycles. The summed E-state index contributed by atoms with van der Waals surface area (Å²) in [5, 5.41) is 18.7. The van der Waals surface area contributed by atoms with Gasteiger partial charge in [-0.25, -0.2) is 4.79 Å². The number of carboxylic acids is 1. The maximum atomic E-state index is 10.8. The molecule has 0 aromatic heterocycles. The smallest absolute Gasteiger partial charge is 0.335 e. The molecule has 0 heterocycles. The quantitative estimate of drug-likeness (QED) is 0.899. The Kier molecular flexibility index (Phi) is 3.16. The number of hydrogen-bond acceptors (Lipinski definition) is 3. The van der Waals surface area contributed by atoms with Crippen LogP contribution in [0.1, 0.15) is 34.0 Å². The number of aliphatic hydroxyl groups is 1. The minimum absolute atomic E-state index is 0.228. The topological polar surface area (TPSA) is 66.8 Å². The summed E-state index contributed by atoms with van der Waals surface area (Å²) >= 11 is 0. The minimum Gasteiger partial charge on any atom is -0.478 e. The molecule has 2 N–H and O–H groups in total. The summed E-state index contributed by atoms with van der Waals surface area (Å²) in [7, 11) is 0. The third-order valence-corrected chi connectivity index (χ3v) is 3.53. The fourth-order valence-electron chi connectivity index (χ4n) is 2.49. The van der Waals surface area contributed by atoms with E-state index in [-0.39, 0.29) is 5.56 Å². The van der Waals surface area contributed by atoms with Crippen molar-refractivity contribution in [1.29, 1.82) is 0 Å². The number of hydrogen-bond donors (Lipinski definition) is 2. The van der Waals surface area contributed by atoms with Gasteiger partial charge in [0.05, 0.1) is 11.7 Å². The first-order valence-corrected chi connectivity index (χ1v) is 6.46. The number of carbonyl (C=O) groups is 1. The Morgan fingerprint density at radius 3 is 2.60 bits per heavy atom. The average molecular weight is 270 g/mol. The molecule has 1 unspecified atom stereocenters. The van der Waals surface area contributed by atoms with Crippen LogP contribution in [0.15, 0.2) is 42.5 Å². The normalized spacial score (nSPS) is 16.8. The highest BCUT2D eigenvalue weighted by atomic mass is 16.5. The molecule has 0 amide bonds. The average Bonchev–Trinajstić information content (AvgIpc) is 2.82. The van der Waals surface area contributed by atoms with Gasteiger partial charge in [0.1, 0.15) is 11.5 Å². The Balaban J connectivity index is 1.87. The van der Waals surface area contributed by atoms with Crippen molar-refractivity contribution in [2.24, 2.45) is 0 Å². The van der Waals surface area contributed by atoms with E-state index in [0.29, 0.717) is 12.2 Å². The predicted octanol–water partition coefficient (Wildman–Crippen LogP) is 3.16. The van der Waals surface area contributed by atoms with Crippen molar-refractivity contribution >= 4 is 5.97 Å². The van der Waals surface area contributed by atoms with E-state index in [0.717, 1.165) is 23.3 Å². The van der Waals surface area contributed by atoms with Gasteiger partial charge in [0.15, 0.2) is 0 Å². The Morgan fingerprint density at radius 1 is 1.15 bits per heavy atom. The van der Waals surface area contributed by atoms with E-state index in [9.17, 15) is 9.90 Å². The minimum atomic E-state index is -0.958. The Morgan fingerprint density at radius 2 is 1.90 bits per heavy atom. The zero-order valence-electron chi connectivity index (χ0n) is 10.7. The van der Waals surface area contributed by atoms with Gasteiger partial charge < -0.3 is 14.9 Å². The molecule has 0 radical (unpaired) electrons. The van der Waals surface area contributed by atoms with Crippen molar-refractivity contribution in [2.45, 2.75) is 18.9 Å². The Labute approximate surface area is 116 Å². The van der Waals surface area contributed by atoms with Gasteiger partial charge in [0.25, 0.3) is 0 Å². The van der Waals surface area contributed by atoms with Gasteiger partial charge in [-0.1, -0.05) is 12.1 Å². The molecule has 3 rings (SSSR count). The summed E-state index contributed by atoms with van der Waals surface area (Å²) in [5.74, 6) is 0.354. The zero-order valence-corrected chi connectivity index (χ0v) is 10.7. The monoisotopic (exact) mass is 270 g/mol. The fraction of sp³-hybridized carbons (Fsp3) is 0.188. The number of rotatable bonds is 3. The number of aromatic carboxylic acids is 1. The van der Waals surface area contributed by atoms with Gasteiger partial charge in [0, 0.05) is 5.56 Å². The molecular formula is C16H14O4. The van der Waals surface area contributed by atoms with Crippen LogP contribution in [0.4, 0.5) is 0 Å². The summed E-state index contributed by atoms with van der Waals surface area (Å²) in [4.78, 5) is 10.8. The largest absolute Gasteiger partial charge is 0.478 e. The van der Waals surface area contributed by atoms with Crippen molar-refractivity contribution in [3.8, 4) is 11.5 Å². The van der Waals surface area contributed by atoms with Gasteiger partial charge in [-0.2, -0.15) is 0 Å². The maximum absolute atomic E-state index is 10.8. The van der Waals surface area contributed by atoms with E-state index >= 15 is 0 Å². The lowest BCUT2D eigenvalue weighted by Gasteiger charge is -2.11. The summed E-state index contributed by atoms with van der Waals surface area (Å²) in [6, 6.07) is 11.9. The molecule has 0 saturated carbocycles. The molecule has 2 aromatic rings. The summed E-state index contributed by atoms with van der Waals surface area (Å²) in [6.45, 7) is 0. The molecule has 2 aromatic carbocycles. The lowest BCUT2D eigenvalue weighted by atomic mass is 10.1. The predicted molar refractivity (Wildman–Crippen MR) is 73.2 cm³/mol. The van der Waals surface area contributed by atoms with Crippen molar-refractivity contribution in [3.05, 3.63) is 59.2 Å².